The van der Waals surface area contributed by atoms with Crippen LogP contribution in [0.2, 0.25) is 0 Å². The van der Waals surface area contributed by atoms with E-state index in [1.807, 2.05) is 37.3 Å². The summed E-state index contributed by atoms with van der Waals surface area (Å²) in [6.07, 6.45) is 1.24. The molecule has 4 aromatic rings. The Morgan fingerprint density at radius 1 is 1.15 bits per heavy atom. The predicted octanol–water partition coefficient (Wildman–Crippen LogP) is 4.21. The standard InChI is InChI=1S/C28H32ClN5O5.ClH/c1-18-19(7-5-10-22(18)39-17-25(36)37)16-33(24(35)15-29)12-6-13-34-23(11-14-38-2)32-26-27(34)20-8-3-4-9-21(20)31-28(26)30;/h3-5,7-10H,6,11-17H2,1-2H3,(H2,30,31)(H,36,37);1H. The Balaban J connectivity index is 0.00000441. The Morgan fingerprint density at radius 2 is 1.93 bits per heavy atom. The van der Waals surface area contributed by atoms with Crippen LogP contribution in [0.1, 0.15) is 23.4 Å². The summed E-state index contributed by atoms with van der Waals surface area (Å²) >= 11 is 5.96. The molecule has 10 nitrogen and oxygen atoms in total. The van der Waals surface area contributed by atoms with E-state index in [0.717, 1.165) is 33.4 Å². The number of nitrogens with zero attached hydrogens (tertiary/aromatic N) is 4. The number of para-hydroxylation sites is 1. The van der Waals surface area contributed by atoms with Gasteiger partial charge in [-0.1, -0.05) is 30.3 Å². The van der Waals surface area contributed by atoms with Gasteiger partial charge >= 0.3 is 5.97 Å². The first-order valence-electron chi connectivity index (χ1n) is 12.6. The summed E-state index contributed by atoms with van der Waals surface area (Å²) in [4.78, 5) is 34.8. The van der Waals surface area contributed by atoms with Crippen LogP contribution < -0.4 is 10.5 Å². The topological polar surface area (TPSA) is 133 Å². The van der Waals surface area contributed by atoms with Gasteiger partial charge in [0.25, 0.3) is 0 Å². The summed E-state index contributed by atoms with van der Waals surface area (Å²) in [6, 6.07) is 13.2. The zero-order valence-electron chi connectivity index (χ0n) is 22.4. The Bertz CT molecular complexity index is 1490. The number of carboxylic acids is 1. The van der Waals surface area contributed by atoms with Gasteiger partial charge in [0.05, 0.1) is 17.6 Å². The molecule has 2 heterocycles. The average Bonchev–Trinajstić information content (AvgIpc) is 3.30. The Labute approximate surface area is 243 Å². The van der Waals surface area contributed by atoms with Crippen LogP contribution in [0, 0.1) is 6.92 Å². The van der Waals surface area contributed by atoms with Crippen molar-refractivity contribution in [1.82, 2.24) is 19.4 Å². The average molecular weight is 591 g/mol. The van der Waals surface area contributed by atoms with E-state index < -0.39 is 12.6 Å². The normalized spacial score (nSPS) is 11.0. The van der Waals surface area contributed by atoms with Gasteiger partial charge in [-0.15, -0.1) is 24.0 Å². The van der Waals surface area contributed by atoms with Gasteiger partial charge in [-0.05, 0) is 36.6 Å². The van der Waals surface area contributed by atoms with Gasteiger partial charge in [-0.3, -0.25) is 4.79 Å². The fourth-order valence-electron chi connectivity index (χ4n) is 4.66. The van der Waals surface area contributed by atoms with Crippen molar-refractivity contribution in [3.63, 3.8) is 0 Å². The molecule has 0 spiro atoms. The van der Waals surface area contributed by atoms with Crippen LogP contribution in [0.25, 0.3) is 21.9 Å². The summed E-state index contributed by atoms with van der Waals surface area (Å²) < 4.78 is 12.9. The first kappa shape index (κ1) is 30.9. The van der Waals surface area contributed by atoms with Crippen molar-refractivity contribution in [2.24, 2.45) is 0 Å². The first-order chi connectivity index (χ1) is 18.8. The minimum absolute atomic E-state index is 0. The monoisotopic (exact) mass is 589 g/mol. The number of aliphatic carboxylic acids is 1. The largest absolute Gasteiger partial charge is 0.482 e. The molecule has 2 aromatic carbocycles. The molecular formula is C28H33Cl2N5O5. The van der Waals surface area contributed by atoms with Crippen molar-refractivity contribution < 1.29 is 24.2 Å². The van der Waals surface area contributed by atoms with E-state index in [1.165, 1.54) is 0 Å². The molecule has 0 saturated carbocycles. The number of nitrogen functional groups attached to an aromatic ring is 1. The van der Waals surface area contributed by atoms with Crippen molar-refractivity contribution in [3.05, 3.63) is 59.4 Å². The van der Waals surface area contributed by atoms with E-state index in [2.05, 4.69) is 9.55 Å². The van der Waals surface area contributed by atoms with Crippen LogP contribution in [-0.2, 0) is 33.8 Å². The van der Waals surface area contributed by atoms with Crippen LogP contribution in [0.3, 0.4) is 0 Å². The maximum atomic E-state index is 12.8. The molecule has 1 amide bonds. The molecule has 0 aliphatic rings. The van der Waals surface area contributed by atoms with E-state index in [4.69, 9.17) is 36.9 Å². The molecule has 0 unspecified atom stereocenters. The highest BCUT2D eigenvalue weighted by atomic mass is 35.5. The predicted molar refractivity (Wildman–Crippen MR) is 157 cm³/mol. The highest BCUT2D eigenvalue weighted by molar-refractivity contribution is 6.27. The number of halogens is 2. The van der Waals surface area contributed by atoms with Gasteiger partial charge in [0.1, 0.15) is 23.0 Å². The lowest BCUT2D eigenvalue weighted by Gasteiger charge is -2.24. The molecule has 4 rings (SSSR count). The Morgan fingerprint density at radius 3 is 2.65 bits per heavy atom. The summed E-state index contributed by atoms with van der Waals surface area (Å²) in [7, 11) is 1.65. The number of hydrogen-bond donors (Lipinski definition) is 2. The number of anilines is 1. The molecule has 0 radical (unpaired) electrons. The maximum absolute atomic E-state index is 12.8. The lowest BCUT2D eigenvalue weighted by Crippen LogP contribution is -2.33. The number of ether oxygens (including phenoxy) is 2. The molecule has 12 heteroatoms. The highest BCUT2D eigenvalue weighted by Gasteiger charge is 2.19. The van der Waals surface area contributed by atoms with Crippen LogP contribution >= 0.6 is 24.0 Å². The second-order valence-corrected chi connectivity index (χ2v) is 9.43. The molecule has 3 N–H and O–H groups in total. The Kier molecular flexibility index (Phi) is 10.9. The minimum Gasteiger partial charge on any atom is -0.482 e. The van der Waals surface area contributed by atoms with Gasteiger partial charge < -0.3 is 29.8 Å². The number of benzene rings is 2. The van der Waals surface area contributed by atoms with E-state index >= 15 is 0 Å². The van der Waals surface area contributed by atoms with E-state index in [1.54, 1.807) is 24.1 Å². The van der Waals surface area contributed by atoms with Crippen molar-refractivity contribution in [3.8, 4) is 5.75 Å². The van der Waals surface area contributed by atoms with Crippen molar-refractivity contribution in [2.45, 2.75) is 32.9 Å². The van der Waals surface area contributed by atoms with Gasteiger partial charge in [0, 0.05) is 38.6 Å². The zero-order chi connectivity index (χ0) is 27.9. The van der Waals surface area contributed by atoms with Gasteiger partial charge in [-0.2, -0.15) is 0 Å². The van der Waals surface area contributed by atoms with E-state index in [-0.39, 0.29) is 24.2 Å². The highest BCUT2D eigenvalue weighted by Crippen LogP contribution is 2.29. The minimum atomic E-state index is -1.05. The number of carbonyl (C=O) groups is 2. The third kappa shape index (κ3) is 6.93. The number of carbonyl (C=O) groups excluding carboxylic acids is 1. The molecule has 0 atom stereocenters. The van der Waals surface area contributed by atoms with Crippen molar-refractivity contribution in [2.75, 3.05) is 38.5 Å². The zero-order valence-corrected chi connectivity index (χ0v) is 24.0. The number of methoxy groups -OCH3 is 1. The Hall–Kier alpha value is -3.60. The number of aryl methyl sites for hydroxylation is 1. The fourth-order valence-corrected chi connectivity index (χ4v) is 4.83. The number of rotatable bonds is 13. The van der Waals surface area contributed by atoms with Gasteiger partial charge in [0.2, 0.25) is 5.91 Å². The molecular weight excluding hydrogens is 557 g/mol. The number of hydrogen-bond acceptors (Lipinski definition) is 7. The number of alkyl halides is 1. The van der Waals surface area contributed by atoms with Gasteiger partial charge in [-0.25, -0.2) is 14.8 Å². The van der Waals surface area contributed by atoms with Crippen LogP contribution in [0.5, 0.6) is 5.75 Å². The number of amides is 1. The lowest BCUT2D eigenvalue weighted by atomic mass is 10.1. The number of imidazole rings is 1. The fraction of sp³-hybridized carbons (Fsp3) is 0.357. The third-order valence-electron chi connectivity index (χ3n) is 6.60. The maximum Gasteiger partial charge on any atom is 0.341 e. The van der Waals surface area contributed by atoms with Crippen LogP contribution in [0.15, 0.2) is 42.5 Å². The van der Waals surface area contributed by atoms with Crippen molar-refractivity contribution in [1.29, 1.82) is 0 Å². The summed E-state index contributed by atoms with van der Waals surface area (Å²) in [5.41, 5.74) is 10.3. The van der Waals surface area contributed by atoms with Gasteiger partial charge in [0.15, 0.2) is 12.4 Å². The number of nitrogens with two attached hydrogens (primary N) is 1. The first-order valence-corrected chi connectivity index (χ1v) is 13.2. The van der Waals surface area contributed by atoms with E-state index in [0.29, 0.717) is 56.2 Å². The van der Waals surface area contributed by atoms with Crippen LogP contribution in [-0.4, -0.2) is 69.2 Å². The number of pyridine rings is 1. The molecule has 0 bridgehead atoms. The third-order valence-corrected chi connectivity index (χ3v) is 6.83. The number of carboxylic acid groups (broad SMARTS) is 1. The van der Waals surface area contributed by atoms with Crippen molar-refractivity contribution >= 4 is 63.6 Å². The summed E-state index contributed by atoms with van der Waals surface area (Å²) in [5.74, 6) is 0.294. The molecule has 0 fully saturated rings. The summed E-state index contributed by atoms with van der Waals surface area (Å²) in [5, 5.41) is 9.91. The molecule has 2 aromatic heterocycles. The smallest absolute Gasteiger partial charge is 0.341 e. The molecule has 40 heavy (non-hydrogen) atoms. The number of fused-ring (bicyclic) bond motifs is 3. The molecule has 0 saturated heterocycles. The molecule has 0 aliphatic carbocycles. The SMILES string of the molecule is COCCc1nc2c(N)nc3ccccc3c2n1CCCN(Cc1cccc(OCC(=O)O)c1C)C(=O)CCl.Cl. The molecule has 0 aliphatic heterocycles. The quantitative estimate of drug-likeness (QED) is 0.222. The second kappa shape index (κ2) is 14.2. The summed E-state index contributed by atoms with van der Waals surface area (Å²) in [6.45, 7) is 3.28. The van der Waals surface area contributed by atoms with E-state index in [9.17, 15) is 9.59 Å². The van der Waals surface area contributed by atoms with Crippen LogP contribution in [0.4, 0.5) is 5.82 Å². The number of aromatic nitrogens is 3. The lowest BCUT2D eigenvalue weighted by molar-refractivity contribution is -0.139. The molecule has 214 valence electrons. The second-order valence-electron chi connectivity index (χ2n) is 9.16.